The Bertz CT molecular complexity index is 931. The van der Waals surface area contributed by atoms with Crippen molar-refractivity contribution in [1.29, 1.82) is 0 Å². The molecule has 0 amide bonds. The third-order valence-electron chi connectivity index (χ3n) is 3.84. The molecule has 0 heterocycles. The summed E-state index contributed by atoms with van der Waals surface area (Å²) >= 11 is 0. The summed E-state index contributed by atoms with van der Waals surface area (Å²) in [4.78, 5) is 22.9. The Morgan fingerprint density at radius 3 is 2.28 bits per heavy atom. The maximum atomic E-state index is 11.6. The van der Waals surface area contributed by atoms with Crippen LogP contribution in [0.1, 0.15) is 27.0 Å². The molecular formula is C18H19NO5S. The van der Waals surface area contributed by atoms with Crippen molar-refractivity contribution < 1.29 is 23.1 Å². The molecule has 0 aliphatic carbocycles. The molecule has 0 aliphatic rings. The number of carboxylic acid groups (broad SMARTS) is 1. The maximum Gasteiger partial charge on any atom is 0.307 e. The third kappa shape index (κ3) is 4.45. The van der Waals surface area contributed by atoms with Crippen molar-refractivity contribution in [1.82, 2.24) is 0 Å². The average molecular weight is 361 g/mol. The minimum atomic E-state index is -3.57. The van der Waals surface area contributed by atoms with Gasteiger partial charge in [0.1, 0.15) is 0 Å². The zero-order valence-corrected chi connectivity index (χ0v) is 15.0. The van der Waals surface area contributed by atoms with Crippen LogP contribution in [-0.2, 0) is 21.2 Å². The van der Waals surface area contributed by atoms with E-state index in [0.29, 0.717) is 28.5 Å². The van der Waals surface area contributed by atoms with Crippen LogP contribution in [0, 0.1) is 13.8 Å². The molecule has 2 aromatic carbocycles. The number of anilines is 1. The van der Waals surface area contributed by atoms with Gasteiger partial charge in [0.2, 0.25) is 10.0 Å². The number of aryl methyl sites for hydroxylation is 1. The molecule has 0 atom stereocenters. The molecule has 0 aromatic heterocycles. The van der Waals surface area contributed by atoms with Crippen LogP contribution >= 0.6 is 0 Å². The van der Waals surface area contributed by atoms with Crippen LogP contribution in [0.15, 0.2) is 30.3 Å². The minimum absolute atomic E-state index is 0.205. The predicted molar refractivity (Wildman–Crippen MR) is 96.5 cm³/mol. The van der Waals surface area contributed by atoms with Gasteiger partial charge in [-0.05, 0) is 42.2 Å². The van der Waals surface area contributed by atoms with Crippen molar-refractivity contribution in [2.45, 2.75) is 20.3 Å². The number of carboxylic acids is 1. The van der Waals surface area contributed by atoms with Crippen LogP contribution in [0.2, 0.25) is 0 Å². The summed E-state index contributed by atoms with van der Waals surface area (Å²) in [6.07, 6.45) is 1.28. The van der Waals surface area contributed by atoms with Gasteiger partial charge in [-0.1, -0.05) is 29.8 Å². The molecule has 2 aromatic rings. The number of sulfonamides is 1. The van der Waals surface area contributed by atoms with E-state index in [1.165, 1.54) is 6.07 Å². The largest absolute Gasteiger partial charge is 0.481 e. The first-order valence-electron chi connectivity index (χ1n) is 7.50. The molecule has 6 nitrogen and oxygen atoms in total. The SMILES string of the molecule is Cc1ccc(-c2c(C=O)cc(NS(C)(=O)=O)c(C)c2CC(=O)O)cc1. The molecule has 0 saturated heterocycles. The van der Waals surface area contributed by atoms with Crippen LogP contribution < -0.4 is 4.72 Å². The minimum Gasteiger partial charge on any atom is -0.481 e. The first-order chi connectivity index (χ1) is 11.6. The maximum absolute atomic E-state index is 11.6. The van der Waals surface area contributed by atoms with E-state index in [0.717, 1.165) is 11.8 Å². The van der Waals surface area contributed by atoms with E-state index < -0.39 is 16.0 Å². The monoisotopic (exact) mass is 361 g/mol. The molecule has 0 bridgehead atoms. The second kappa shape index (κ2) is 7.06. The van der Waals surface area contributed by atoms with Gasteiger partial charge in [0.05, 0.1) is 18.4 Å². The number of rotatable bonds is 6. The van der Waals surface area contributed by atoms with E-state index in [2.05, 4.69) is 4.72 Å². The van der Waals surface area contributed by atoms with Crippen molar-refractivity contribution >= 4 is 28.0 Å². The third-order valence-corrected chi connectivity index (χ3v) is 4.43. The summed E-state index contributed by atoms with van der Waals surface area (Å²) in [5, 5.41) is 9.27. The Morgan fingerprint density at radius 1 is 1.20 bits per heavy atom. The number of carbonyl (C=O) groups excluding carboxylic acids is 1. The summed E-state index contributed by atoms with van der Waals surface area (Å²) in [6.45, 7) is 3.56. The summed E-state index contributed by atoms with van der Waals surface area (Å²) in [6, 6.07) is 8.79. The molecule has 2 rings (SSSR count). The van der Waals surface area contributed by atoms with Gasteiger partial charge in [-0.15, -0.1) is 0 Å². The highest BCUT2D eigenvalue weighted by Gasteiger charge is 2.20. The molecule has 2 N–H and O–H groups in total. The van der Waals surface area contributed by atoms with E-state index in [4.69, 9.17) is 0 Å². The zero-order chi connectivity index (χ0) is 18.8. The number of aliphatic carboxylic acids is 1. The molecule has 132 valence electrons. The molecule has 0 saturated carbocycles. The van der Waals surface area contributed by atoms with E-state index in [-0.39, 0.29) is 17.7 Å². The number of aldehydes is 1. The highest BCUT2D eigenvalue weighted by Crippen LogP contribution is 2.34. The van der Waals surface area contributed by atoms with E-state index >= 15 is 0 Å². The first kappa shape index (κ1) is 18.7. The summed E-state index contributed by atoms with van der Waals surface area (Å²) < 4.78 is 25.5. The van der Waals surface area contributed by atoms with Crippen LogP contribution in [0.4, 0.5) is 5.69 Å². The van der Waals surface area contributed by atoms with Gasteiger partial charge in [0.15, 0.2) is 6.29 Å². The molecule has 0 unspecified atom stereocenters. The Balaban J connectivity index is 2.80. The molecule has 7 heteroatoms. The van der Waals surface area contributed by atoms with E-state index in [9.17, 15) is 23.1 Å². The van der Waals surface area contributed by atoms with Crippen molar-refractivity contribution in [3.63, 3.8) is 0 Å². The van der Waals surface area contributed by atoms with Crippen molar-refractivity contribution in [2.75, 3.05) is 11.0 Å². The van der Waals surface area contributed by atoms with Crippen molar-refractivity contribution in [3.8, 4) is 11.1 Å². The molecular weight excluding hydrogens is 342 g/mol. The van der Waals surface area contributed by atoms with Crippen molar-refractivity contribution in [3.05, 3.63) is 52.6 Å². The lowest BCUT2D eigenvalue weighted by molar-refractivity contribution is -0.136. The quantitative estimate of drug-likeness (QED) is 0.771. The summed E-state index contributed by atoms with van der Waals surface area (Å²) in [5.74, 6) is -1.06. The van der Waals surface area contributed by atoms with Crippen LogP contribution in [0.5, 0.6) is 0 Å². The Hall–Kier alpha value is -2.67. The lowest BCUT2D eigenvalue weighted by atomic mass is 9.88. The Labute approximate surface area is 146 Å². The smallest absolute Gasteiger partial charge is 0.307 e. The second-order valence-electron chi connectivity index (χ2n) is 5.92. The lowest BCUT2D eigenvalue weighted by Crippen LogP contribution is -2.14. The fourth-order valence-electron chi connectivity index (χ4n) is 2.69. The standard InChI is InChI=1S/C18H19NO5S/c1-11-4-6-13(7-5-11)18-14(10-20)8-16(19-25(3,23)24)12(2)15(18)9-17(21)22/h4-8,10,19H,9H2,1-3H3,(H,21,22). The van der Waals surface area contributed by atoms with Gasteiger partial charge in [0.25, 0.3) is 0 Å². The number of hydrogen-bond acceptors (Lipinski definition) is 4. The van der Waals surface area contributed by atoms with E-state index in [1.807, 2.05) is 31.2 Å². The average Bonchev–Trinajstić information content (AvgIpc) is 2.50. The fraction of sp³-hybridized carbons (Fsp3) is 0.222. The Kier molecular flexibility index (Phi) is 5.27. The molecule has 0 aliphatic heterocycles. The Morgan fingerprint density at radius 2 is 1.80 bits per heavy atom. The molecule has 0 spiro atoms. The summed E-state index contributed by atoms with van der Waals surface area (Å²) in [7, 11) is -3.57. The van der Waals surface area contributed by atoms with Gasteiger partial charge < -0.3 is 5.11 Å². The first-order valence-corrected chi connectivity index (χ1v) is 9.40. The zero-order valence-electron chi connectivity index (χ0n) is 14.2. The van der Waals surface area contributed by atoms with Gasteiger partial charge in [-0.2, -0.15) is 0 Å². The fourth-order valence-corrected chi connectivity index (χ4v) is 3.30. The van der Waals surface area contributed by atoms with Crippen molar-refractivity contribution in [2.24, 2.45) is 0 Å². The van der Waals surface area contributed by atoms with Gasteiger partial charge in [-0.3, -0.25) is 14.3 Å². The molecule has 0 fully saturated rings. The van der Waals surface area contributed by atoms with Crippen LogP contribution in [-0.4, -0.2) is 32.0 Å². The van der Waals surface area contributed by atoms with Gasteiger partial charge in [-0.25, -0.2) is 8.42 Å². The van der Waals surface area contributed by atoms with Crippen LogP contribution in [0.25, 0.3) is 11.1 Å². The van der Waals surface area contributed by atoms with E-state index in [1.54, 1.807) is 6.92 Å². The van der Waals surface area contributed by atoms with Crippen LogP contribution in [0.3, 0.4) is 0 Å². The number of hydrogen-bond donors (Lipinski definition) is 2. The normalized spacial score (nSPS) is 11.2. The summed E-state index contributed by atoms with van der Waals surface area (Å²) in [5.41, 5.74) is 3.57. The van der Waals surface area contributed by atoms with Gasteiger partial charge in [0, 0.05) is 5.56 Å². The predicted octanol–water partition coefficient (Wildman–Crippen LogP) is 2.78. The second-order valence-corrected chi connectivity index (χ2v) is 7.67. The van der Waals surface area contributed by atoms with Gasteiger partial charge >= 0.3 is 5.97 Å². The topological polar surface area (TPSA) is 101 Å². The number of nitrogens with one attached hydrogen (secondary N) is 1. The number of benzene rings is 2. The number of carbonyl (C=O) groups is 2. The lowest BCUT2D eigenvalue weighted by Gasteiger charge is -2.18. The molecule has 0 radical (unpaired) electrons. The molecule has 25 heavy (non-hydrogen) atoms. The highest BCUT2D eigenvalue weighted by molar-refractivity contribution is 7.92. The highest BCUT2D eigenvalue weighted by atomic mass is 32.2.